The Morgan fingerprint density at radius 1 is 0.868 bits per heavy atom. The third-order valence-corrected chi connectivity index (χ3v) is 7.86. The van der Waals surface area contributed by atoms with Crippen LogP contribution in [0.2, 0.25) is 0 Å². The van der Waals surface area contributed by atoms with Crippen molar-refractivity contribution in [2.75, 3.05) is 27.4 Å². The van der Waals surface area contributed by atoms with Crippen molar-refractivity contribution in [2.24, 2.45) is 0 Å². The molecule has 0 fully saturated rings. The SMILES string of the molecule is COc1cc2c(cc1OC)C(C)(C)/C=C\N(CCCC1(c3ccccc3)COCc3ccccc31)C=C2.Cl. The Bertz CT molecular complexity index is 1300. The molecule has 0 aromatic heterocycles. The van der Waals surface area contributed by atoms with Crippen molar-refractivity contribution in [1.82, 2.24) is 4.90 Å². The van der Waals surface area contributed by atoms with Crippen LogP contribution >= 0.6 is 12.4 Å². The number of hydrogen-bond donors (Lipinski definition) is 0. The second-order valence-electron chi connectivity index (χ2n) is 10.6. The van der Waals surface area contributed by atoms with Crippen LogP contribution < -0.4 is 9.47 Å². The van der Waals surface area contributed by atoms with Crippen molar-refractivity contribution in [1.29, 1.82) is 0 Å². The lowest BCUT2D eigenvalue weighted by Crippen LogP contribution is -2.38. The van der Waals surface area contributed by atoms with Crippen LogP contribution in [0.4, 0.5) is 0 Å². The summed E-state index contributed by atoms with van der Waals surface area (Å²) in [7, 11) is 3.37. The molecule has 0 saturated carbocycles. The number of benzene rings is 3. The molecule has 3 aromatic carbocycles. The maximum absolute atomic E-state index is 6.19. The largest absolute Gasteiger partial charge is 0.493 e. The van der Waals surface area contributed by atoms with E-state index in [0.717, 1.165) is 36.4 Å². The van der Waals surface area contributed by atoms with E-state index in [0.29, 0.717) is 13.2 Å². The molecule has 5 rings (SSSR count). The van der Waals surface area contributed by atoms with Crippen LogP contribution in [-0.2, 0) is 22.2 Å². The van der Waals surface area contributed by atoms with E-state index in [2.05, 4.69) is 110 Å². The van der Waals surface area contributed by atoms with Gasteiger partial charge in [0.25, 0.3) is 0 Å². The summed E-state index contributed by atoms with van der Waals surface area (Å²) in [5, 5.41) is 0. The Morgan fingerprint density at radius 2 is 1.58 bits per heavy atom. The lowest BCUT2D eigenvalue weighted by Gasteiger charge is -2.40. The molecule has 0 bridgehead atoms. The fourth-order valence-electron chi connectivity index (χ4n) is 5.77. The lowest BCUT2D eigenvalue weighted by molar-refractivity contribution is 0.0608. The zero-order valence-corrected chi connectivity index (χ0v) is 23.6. The lowest BCUT2D eigenvalue weighted by atomic mass is 9.69. The third-order valence-electron chi connectivity index (χ3n) is 7.86. The number of rotatable bonds is 7. The molecule has 3 aromatic rings. The van der Waals surface area contributed by atoms with Crippen LogP contribution in [0, 0.1) is 0 Å². The van der Waals surface area contributed by atoms with Gasteiger partial charge in [-0.25, -0.2) is 0 Å². The monoisotopic (exact) mass is 531 g/mol. The summed E-state index contributed by atoms with van der Waals surface area (Å²) in [6.45, 7) is 6.80. The van der Waals surface area contributed by atoms with Crippen LogP contribution in [0.1, 0.15) is 54.5 Å². The molecular formula is C33H38ClNO3. The molecule has 0 amide bonds. The number of fused-ring (bicyclic) bond motifs is 2. The molecule has 0 radical (unpaired) electrons. The van der Waals surface area contributed by atoms with Gasteiger partial charge in [0.2, 0.25) is 0 Å². The van der Waals surface area contributed by atoms with Crippen molar-refractivity contribution >= 4 is 18.5 Å². The highest BCUT2D eigenvalue weighted by molar-refractivity contribution is 5.85. The minimum atomic E-state index is -0.153. The Morgan fingerprint density at radius 3 is 2.34 bits per heavy atom. The van der Waals surface area contributed by atoms with Crippen molar-refractivity contribution in [3.05, 3.63) is 113 Å². The van der Waals surface area contributed by atoms with Gasteiger partial charge >= 0.3 is 0 Å². The van der Waals surface area contributed by atoms with Gasteiger partial charge in [0.05, 0.1) is 27.4 Å². The Labute approximate surface area is 233 Å². The molecule has 2 aliphatic rings. The van der Waals surface area contributed by atoms with E-state index in [1.165, 1.54) is 22.3 Å². The second-order valence-corrected chi connectivity index (χ2v) is 10.6. The van der Waals surface area contributed by atoms with Gasteiger partial charge < -0.3 is 19.1 Å². The summed E-state index contributed by atoms with van der Waals surface area (Å²) < 4.78 is 17.3. The van der Waals surface area contributed by atoms with Crippen LogP contribution in [0.15, 0.2) is 85.2 Å². The van der Waals surface area contributed by atoms with Gasteiger partial charge in [0, 0.05) is 29.8 Å². The van der Waals surface area contributed by atoms with Crippen molar-refractivity contribution in [2.45, 2.75) is 44.1 Å². The Balaban J connectivity index is 0.00000336. The maximum Gasteiger partial charge on any atom is 0.161 e. The summed E-state index contributed by atoms with van der Waals surface area (Å²) in [6.07, 6.45) is 10.9. The topological polar surface area (TPSA) is 30.9 Å². The van der Waals surface area contributed by atoms with Crippen LogP contribution in [0.3, 0.4) is 0 Å². The molecule has 38 heavy (non-hydrogen) atoms. The number of ether oxygens (including phenoxy) is 3. The average molecular weight is 532 g/mol. The first kappa shape index (κ1) is 27.8. The number of methoxy groups -OCH3 is 2. The number of nitrogens with zero attached hydrogens (tertiary/aromatic N) is 1. The predicted molar refractivity (Wildman–Crippen MR) is 157 cm³/mol. The molecule has 2 heterocycles. The molecule has 0 spiro atoms. The minimum Gasteiger partial charge on any atom is -0.493 e. The highest BCUT2D eigenvalue weighted by Crippen LogP contribution is 2.42. The van der Waals surface area contributed by atoms with Gasteiger partial charge in [-0.05, 0) is 58.9 Å². The normalized spacial score (nSPS) is 20.3. The van der Waals surface area contributed by atoms with Gasteiger partial charge in [-0.3, -0.25) is 0 Å². The highest BCUT2D eigenvalue weighted by Gasteiger charge is 2.38. The van der Waals surface area contributed by atoms with E-state index >= 15 is 0 Å². The summed E-state index contributed by atoms with van der Waals surface area (Å²) in [6, 6.07) is 23.8. The van der Waals surface area contributed by atoms with E-state index in [-0.39, 0.29) is 23.2 Å². The minimum absolute atomic E-state index is 0. The smallest absolute Gasteiger partial charge is 0.161 e. The average Bonchev–Trinajstić information content (AvgIpc) is 2.93. The fourth-order valence-corrected chi connectivity index (χ4v) is 5.77. The summed E-state index contributed by atoms with van der Waals surface area (Å²) in [5.41, 5.74) is 6.11. The fraction of sp³-hybridized carbons (Fsp3) is 0.333. The first-order chi connectivity index (χ1) is 18.0. The zero-order valence-electron chi connectivity index (χ0n) is 22.8. The van der Waals surface area contributed by atoms with Gasteiger partial charge in [0.1, 0.15) is 0 Å². The Kier molecular flexibility index (Phi) is 8.54. The highest BCUT2D eigenvalue weighted by atomic mass is 35.5. The molecule has 1 unspecified atom stereocenters. The predicted octanol–water partition coefficient (Wildman–Crippen LogP) is 7.50. The molecule has 0 aliphatic carbocycles. The van der Waals surface area contributed by atoms with E-state index < -0.39 is 0 Å². The summed E-state index contributed by atoms with van der Waals surface area (Å²) >= 11 is 0. The van der Waals surface area contributed by atoms with E-state index in [1.54, 1.807) is 14.2 Å². The van der Waals surface area contributed by atoms with Gasteiger partial charge in [-0.1, -0.05) is 74.5 Å². The van der Waals surface area contributed by atoms with E-state index in [1.807, 2.05) is 0 Å². The maximum atomic E-state index is 6.19. The molecule has 2 aliphatic heterocycles. The van der Waals surface area contributed by atoms with Crippen LogP contribution in [-0.4, -0.2) is 32.3 Å². The molecule has 0 N–H and O–H groups in total. The molecule has 200 valence electrons. The molecule has 1 atom stereocenters. The molecular weight excluding hydrogens is 494 g/mol. The molecule has 0 saturated heterocycles. The van der Waals surface area contributed by atoms with E-state index in [9.17, 15) is 0 Å². The number of halogens is 1. The van der Waals surface area contributed by atoms with Crippen molar-refractivity contribution in [3.8, 4) is 11.5 Å². The zero-order chi connectivity index (χ0) is 25.9. The Hall–Kier alpha value is -3.21. The summed E-state index contributed by atoms with van der Waals surface area (Å²) in [5.74, 6) is 1.51. The second kappa shape index (κ2) is 11.7. The van der Waals surface area contributed by atoms with Gasteiger partial charge in [-0.15, -0.1) is 12.4 Å². The standard InChI is InChI=1S/C33H37NO3.ClH/c1-32(2)17-20-34(19-15-25-21-30(35-3)31(36-4)22-29(25)32)18-10-16-33(27-12-6-5-7-13-27)24-37-23-26-11-8-9-14-28(26)33;/h5-9,11-15,17,19-22H,10,16,18,23-24H2,1-4H3;1H/b19-15?,20-17-;. The van der Waals surface area contributed by atoms with Crippen LogP contribution in [0.5, 0.6) is 11.5 Å². The molecule has 5 heteroatoms. The van der Waals surface area contributed by atoms with Crippen LogP contribution in [0.25, 0.3) is 6.08 Å². The quantitative estimate of drug-likeness (QED) is 0.316. The summed E-state index contributed by atoms with van der Waals surface area (Å²) in [4.78, 5) is 2.30. The van der Waals surface area contributed by atoms with Gasteiger partial charge in [0.15, 0.2) is 11.5 Å². The third kappa shape index (κ3) is 5.34. The van der Waals surface area contributed by atoms with Crippen molar-refractivity contribution < 1.29 is 14.2 Å². The molecule has 4 nitrogen and oxygen atoms in total. The first-order valence-electron chi connectivity index (χ1n) is 13.1. The first-order valence-corrected chi connectivity index (χ1v) is 13.1. The van der Waals surface area contributed by atoms with Crippen molar-refractivity contribution in [3.63, 3.8) is 0 Å². The number of hydrogen-bond acceptors (Lipinski definition) is 4. The number of allylic oxidation sites excluding steroid dienone is 1. The van der Waals surface area contributed by atoms with Gasteiger partial charge in [-0.2, -0.15) is 0 Å². The van der Waals surface area contributed by atoms with E-state index in [4.69, 9.17) is 14.2 Å².